The predicted molar refractivity (Wildman–Crippen MR) is 57.3 cm³/mol. The average molecular weight is 215 g/mol. The maximum Gasteiger partial charge on any atom is 0.216 e. The van der Waals surface area contributed by atoms with Crippen molar-refractivity contribution in [1.29, 1.82) is 0 Å². The molecule has 1 saturated heterocycles. The van der Waals surface area contributed by atoms with Crippen LogP contribution in [0, 0.1) is 0 Å². The molecule has 0 bridgehead atoms. The number of ether oxygens (including phenoxy) is 1. The van der Waals surface area contributed by atoms with Crippen molar-refractivity contribution in [1.82, 2.24) is 4.90 Å². The first-order valence-electron chi connectivity index (χ1n) is 5.43. The van der Waals surface area contributed by atoms with Crippen molar-refractivity contribution in [3.63, 3.8) is 0 Å². The fourth-order valence-electron chi connectivity index (χ4n) is 1.74. The fraction of sp³-hybridized carbons (Fsp3) is 0.909. The fourth-order valence-corrected chi connectivity index (χ4v) is 1.74. The minimum Gasteiger partial charge on any atom is -0.356 e. The average Bonchev–Trinajstić information content (AvgIpc) is 1.99. The molecule has 2 unspecified atom stereocenters. The highest BCUT2D eigenvalue weighted by molar-refractivity contribution is 5.79. The van der Waals surface area contributed by atoms with E-state index in [4.69, 9.17) is 4.74 Å². The molecule has 0 aliphatic carbocycles. The molecule has 0 radical (unpaired) electrons. The number of aliphatic hydroxyl groups excluding tert-OH is 1. The lowest BCUT2D eigenvalue weighted by Gasteiger charge is -2.38. The maximum atomic E-state index is 11.2. The number of nitrogens with zero attached hydrogens (tertiary/aromatic N) is 1. The number of Topliss-reactive ketones (excluding diaryl/α,β-unsaturated/α-hetero) is 1. The summed E-state index contributed by atoms with van der Waals surface area (Å²) in [6.07, 6.45) is 0.104. The summed E-state index contributed by atoms with van der Waals surface area (Å²) in [6.45, 7) is 8.21. The number of aliphatic hydroxyl groups is 1. The van der Waals surface area contributed by atoms with E-state index in [-0.39, 0.29) is 17.4 Å². The second-order valence-electron chi connectivity index (χ2n) is 5.14. The third kappa shape index (κ3) is 3.89. The van der Waals surface area contributed by atoms with Crippen LogP contribution in [0.2, 0.25) is 0 Å². The topological polar surface area (TPSA) is 49.8 Å². The standard InChI is InChI=1S/C11H21NO3/c1-8-7-9(13)5-6-12(8)10(14)15-11(2,3)4/h8,10,14H,5-7H2,1-4H3. The van der Waals surface area contributed by atoms with Crippen molar-refractivity contribution in [2.24, 2.45) is 0 Å². The zero-order valence-electron chi connectivity index (χ0n) is 9.99. The van der Waals surface area contributed by atoms with Crippen LogP contribution in [0.5, 0.6) is 0 Å². The quantitative estimate of drug-likeness (QED) is 0.702. The number of hydrogen-bond donors (Lipinski definition) is 1. The molecular weight excluding hydrogens is 194 g/mol. The summed E-state index contributed by atoms with van der Waals surface area (Å²) < 4.78 is 5.45. The van der Waals surface area contributed by atoms with E-state index in [1.165, 1.54) is 0 Å². The van der Waals surface area contributed by atoms with Crippen molar-refractivity contribution in [3.05, 3.63) is 0 Å². The Morgan fingerprint density at radius 1 is 1.53 bits per heavy atom. The summed E-state index contributed by atoms with van der Waals surface area (Å²) in [5.41, 5.74) is -0.374. The van der Waals surface area contributed by atoms with Crippen LogP contribution in [0.1, 0.15) is 40.5 Å². The van der Waals surface area contributed by atoms with Gasteiger partial charge in [0.1, 0.15) is 5.78 Å². The normalized spacial score (nSPS) is 26.7. The van der Waals surface area contributed by atoms with Gasteiger partial charge in [0.15, 0.2) is 0 Å². The monoisotopic (exact) mass is 215 g/mol. The van der Waals surface area contributed by atoms with E-state index in [1.54, 1.807) is 0 Å². The van der Waals surface area contributed by atoms with E-state index in [2.05, 4.69) is 0 Å². The zero-order chi connectivity index (χ0) is 11.6. The number of piperidine rings is 1. The Morgan fingerprint density at radius 2 is 2.13 bits per heavy atom. The van der Waals surface area contributed by atoms with Crippen LogP contribution < -0.4 is 0 Å². The highest BCUT2D eigenvalue weighted by atomic mass is 16.6. The van der Waals surface area contributed by atoms with Gasteiger partial charge in [0, 0.05) is 25.4 Å². The Bertz CT molecular complexity index is 234. The van der Waals surface area contributed by atoms with Gasteiger partial charge in [0.05, 0.1) is 5.60 Å². The van der Waals surface area contributed by atoms with Gasteiger partial charge in [-0.05, 0) is 27.7 Å². The van der Waals surface area contributed by atoms with Gasteiger partial charge in [0.2, 0.25) is 6.41 Å². The number of hydrogen-bond acceptors (Lipinski definition) is 4. The molecule has 4 nitrogen and oxygen atoms in total. The summed E-state index contributed by atoms with van der Waals surface area (Å²) >= 11 is 0. The van der Waals surface area contributed by atoms with Crippen LogP contribution in [-0.4, -0.2) is 40.4 Å². The lowest BCUT2D eigenvalue weighted by Crippen LogP contribution is -2.50. The second kappa shape index (κ2) is 4.60. The number of carbonyl (C=O) groups excluding carboxylic acids is 1. The summed E-state index contributed by atoms with van der Waals surface area (Å²) in [5, 5.41) is 9.86. The van der Waals surface area contributed by atoms with Gasteiger partial charge in [-0.25, -0.2) is 0 Å². The molecule has 1 fully saturated rings. The van der Waals surface area contributed by atoms with Gasteiger partial charge < -0.3 is 9.84 Å². The molecule has 0 saturated carbocycles. The van der Waals surface area contributed by atoms with Crippen LogP contribution in [0.4, 0.5) is 0 Å². The van der Waals surface area contributed by atoms with Gasteiger partial charge >= 0.3 is 0 Å². The van der Waals surface area contributed by atoms with E-state index in [9.17, 15) is 9.90 Å². The van der Waals surface area contributed by atoms with Gasteiger partial charge in [-0.2, -0.15) is 0 Å². The molecule has 88 valence electrons. The SMILES string of the molecule is CC1CC(=O)CCN1C(O)OC(C)(C)C. The largest absolute Gasteiger partial charge is 0.356 e. The van der Waals surface area contributed by atoms with Crippen LogP contribution in [-0.2, 0) is 9.53 Å². The Hall–Kier alpha value is -0.450. The molecule has 15 heavy (non-hydrogen) atoms. The van der Waals surface area contributed by atoms with Crippen LogP contribution in [0.15, 0.2) is 0 Å². The molecule has 4 heteroatoms. The molecule has 1 rings (SSSR count). The molecule has 1 aliphatic heterocycles. The molecule has 1 aliphatic rings. The van der Waals surface area contributed by atoms with Crippen LogP contribution in [0.3, 0.4) is 0 Å². The molecule has 0 aromatic carbocycles. The molecule has 0 aromatic rings. The molecule has 0 amide bonds. The summed E-state index contributed by atoms with van der Waals surface area (Å²) in [7, 11) is 0. The Balaban J connectivity index is 2.52. The third-order valence-electron chi connectivity index (χ3n) is 2.48. The lowest BCUT2D eigenvalue weighted by atomic mass is 10.0. The van der Waals surface area contributed by atoms with Gasteiger partial charge in [-0.15, -0.1) is 0 Å². The molecular formula is C11H21NO3. The second-order valence-corrected chi connectivity index (χ2v) is 5.14. The number of rotatable bonds is 2. The maximum absolute atomic E-state index is 11.2. The summed E-state index contributed by atoms with van der Waals surface area (Å²) in [5.74, 6) is 0.265. The third-order valence-corrected chi connectivity index (χ3v) is 2.48. The minimum atomic E-state index is -0.909. The van der Waals surface area contributed by atoms with E-state index >= 15 is 0 Å². The van der Waals surface area contributed by atoms with E-state index in [0.29, 0.717) is 19.4 Å². The Kier molecular flexibility index (Phi) is 3.87. The zero-order valence-corrected chi connectivity index (χ0v) is 9.99. The number of carbonyl (C=O) groups is 1. The molecule has 0 spiro atoms. The highest BCUT2D eigenvalue weighted by Crippen LogP contribution is 2.19. The van der Waals surface area contributed by atoms with E-state index in [1.807, 2.05) is 32.6 Å². The smallest absolute Gasteiger partial charge is 0.216 e. The Morgan fingerprint density at radius 3 is 2.60 bits per heavy atom. The number of ketones is 1. The lowest BCUT2D eigenvalue weighted by molar-refractivity contribution is -0.249. The molecule has 1 heterocycles. The van der Waals surface area contributed by atoms with Crippen molar-refractivity contribution in [3.8, 4) is 0 Å². The Labute approximate surface area is 91.2 Å². The van der Waals surface area contributed by atoms with E-state index < -0.39 is 6.41 Å². The van der Waals surface area contributed by atoms with E-state index in [0.717, 1.165) is 0 Å². The van der Waals surface area contributed by atoms with Crippen molar-refractivity contribution in [2.75, 3.05) is 6.54 Å². The van der Waals surface area contributed by atoms with Gasteiger partial charge in [0.25, 0.3) is 0 Å². The predicted octanol–water partition coefficient (Wildman–Crippen LogP) is 1.13. The van der Waals surface area contributed by atoms with Crippen molar-refractivity contribution in [2.45, 2.75) is 58.6 Å². The highest BCUT2D eigenvalue weighted by Gasteiger charge is 2.30. The molecule has 0 aromatic heterocycles. The summed E-state index contributed by atoms with van der Waals surface area (Å²) in [6, 6.07) is 0.0589. The first-order valence-corrected chi connectivity index (χ1v) is 5.43. The van der Waals surface area contributed by atoms with Crippen molar-refractivity contribution >= 4 is 5.78 Å². The summed E-state index contributed by atoms with van der Waals surface area (Å²) in [4.78, 5) is 13.0. The van der Waals surface area contributed by atoms with Gasteiger partial charge in [-0.3, -0.25) is 9.69 Å². The van der Waals surface area contributed by atoms with Crippen molar-refractivity contribution < 1.29 is 14.6 Å². The molecule has 1 N–H and O–H groups in total. The van der Waals surface area contributed by atoms with Crippen LogP contribution >= 0.6 is 0 Å². The van der Waals surface area contributed by atoms with Gasteiger partial charge in [-0.1, -0.05) is 0 Å². The molecule has 2 atom stereocenters. The minimum absolute atomic E-state index is 0.0589. The first-order chi connectivity index (χ1) is 6.79. The first kappa shape index (κ1) is 12.6. The number of likely N-dealkylation sites (tertiary alicyclic amines) is 1. The van der Waals surface area contributed by atoms with Crippen LogP contribution in [0.25, 0.3) is 0 Å².